The summed E-state index contributed by atoms with van der Waals surface area (Å²) < 4.78 is 5.27. The van der Waals surface area contributed by atoms with Crippen LogP contribution in [0.2, 0.25) is 0 Å². The predicted molar refractivity (Wildman–Crippen MR) is 68.5 cm³/mol. The Morgan fingerprint density at radius 1 is 1.47 bits per heavy atom. The largest absolute Gasteiger partial charge is 0.497 e. The standard InChI is InChI=1S/C14H21NO2/c1-15-8-4-7-14(10-15,11-16)12-5-3-6-13(9-12)17-2/h3,5-6,9,16H,4,7-8,10-11H2,1-2H3. The Bertz CT molecular complexity index is 380. The normalized spacial score (nSPS) is 25.8. The lowest BCUT2D eigenvalue weighted by Crippen LogP contribution is -2.46. The van der Waals surface area contributed by atoms with E-state index < -0.39 is 0 Å². The first-order chi connectivity index (χ1) is 8.20. The van der Waals surface area contributed by atoms with Gasteiger partial charge in [0.1, 0.15) is 5.75 Å². The molecule has 0 aliphatic carbocycles. The van der Waals surface area contributed by atoms with Gasteiger partial charge in [-0.05, 0) is 44.1 Å². The number of aliphatic hydroxyl groups excluding tert-OH is 1. The van der Waals surface area contributed by atoms with E-state index in [0.717, 1.165) is 31.7 Å². The first kappa shape index (κ1) is 12.4. The third kappa shape index (κ3) is 2.45. The van der Waals surface area contributed by atoms with Crippen molar-refractivity contribution in [2.75, 3.05) is 33.9 Å². The number of aliphatic hydroxyl groups is 1. The molecule has 1 aromatic carbocycles. The molecule has 17 heavy (non-hydrogen) atoms. The summed E-state index contributed by atoms with van der Waals surface area (Å²) in [5.74, 6) is 0.864. The van der Waals surface area contributed by atoms with Crippen LogP contribution >= 0.6 is 0 Å². The fourth-order valence-corrected chi connectivity index (χ4v) is 2.77. The van der Waals surface area contributed by atoms with Crippen molar-refractivity contribution in [2.24, 2.45) is 0 Å². The molecule has 1 aliphatic rings. The number of likely N-dealkylation sites (N-methyl/N-ethyl adjacent to an activating group) is 1. The fourth-order valence-electron chi connectivity index (χ4n) is 2.77. The van der Waals surface area contributed by atoms with Crippen molar-refractivity contribution in [3.63, 3.8) is 0 Å². The zero-order valence-corrected chi connectivity index (χ0v) is 10.6. The molecule has 0 amide bonds. The molecule has 0 radical (unpaired) electrons. The van der Waals surface area contributed by atoms with E-state index in [2.05, 4.69) is 24.1 Å². The molecule has 3 nitrogen and oxygen atoms in total. The summed E-state index contributed by atoms with van der Waals surface area (Å²) in [5, 5.41) is 9.81. The summed E-state index contributed by atoms with van der Waals surface area (Å²) in [4.78, 5) is 2.29. The van der Waals surface area contributed by atoms with Gasteiger partial charge in [-0.25, -0.2) is 0 Å². The molecule has 1 heterocycles. The highest BCUT2D eigenvalue weighted by molar-refractivity contribution is 5.35. The first-order valence-electron chi connectivity index (χ1n) is 6.14. The van der Waals surface area contributed by atoms with E-state index in [1.165, 1.54) is 5.56 Å². The summed E-state index contributed by atoms with van der Waals surface area (Å²) in [6.07, 6.45) is 2.18. The number of likely N-dealkylation sites (tertiary alicyclic amines) is 1. The number of nitrogens with zero attached hydrogens (tertiary/aromatic N) is 1. The molecular formula is C14H21NO2. The summed E-state index contributed by atoms with van der Waals surface area (Å²) in [7, 11) is 3.79. The molecule has 1 N–H and O–H groups in total. The summed E-state index contributed by atoms with van der Waals surface area (Å²) >= 11 is 0. The minimum atomic E-state index is -0.123. The van der Waals surface area contributed by atoms with Gasteiger partial charge >= 0.3 is 0 Å². The predicted octanol–water partition coefficient (Wildman–Crippen LogP) is 1.65. The van der Waals surface area contributed by atoms with Gasteiger partial charge in [0.15, 0.2) is 0 Å². The van der Waals surface area contributed by atoms with Gasteiger partial charge in [-0.1, -0.05) is 12.1 Å². The highest BCUT2D eigenvalue weighted by atomic mass is 16.5. The number of piperidine rings is 1. The van der Waals surface area contributed by atoms with Gasteiger partial charge in [-0.15, -0.1) is 0 Å². The maximum atomic E-state index is 9.81. The van der Waals surface area contributed by atoms with Crippen molar-refractivity contribution in [1.29, 1.82) is 0 Å². The Kier molecular flexibility index (Phi) is 3.69. The number of hydrogen-bond donors (Lipinski definition) is 1. The highest BCUT2D eigenvalue weighted by Crippen LogP contribution is 2.34. The molecule has 0 aromatic heterocycles. The highest BCUT2D eigenvalue weighted by Gasteiger charge is 2.35. The van der Waals surface area contributed by atoms with Crippen LogP contribution in [0.1, 0.15) is 18.4 Å². The molecule has 1 aliphatic heterocycles. The number of benzene rings is 1. The molecule has 1 aromatic rings. The third-order valence-corrected chi connectivity index (χ3v) is 3.75. The molecule has 2 rings (SSSR count). The minimum absolute atomic E-state index is 0.123. The number of ether oxygens (including phenoxy) is 1. The van der Waals surface area contributed by atoms with Crippen molar-refractivity contribution >= 4 is 0 Å². The second-order valence-corrected chi connectivity index (χ2v) is 5.01. The van der Waals surface area contributed by atoms with E-state index in [0.29, 0.717) is 0 Å². The van der Waals surface area contributed by atoms with Crippen molar-refractivity contribution in [1.82, 2.24) is 4.90 Å². The molecule has 3 heteroatoms. The topological polar surface area (TPSA) is 32.7 Å². The molecule has 1 saturated heterocycles. The van der Waals surface area contributed by atoms with E-state index in [4.69, 9.17) is 4.74 Å². The van der Waals surface area contributed by atoms with Crippen molar-refractivity contribution < 1.29 is 9.84 Å². The first-order valence-corrected chi connectivity index (χ1v) is 6.14. The Morgan fingerprint density at radius 2 is 2.29 bits per heavy atom. The van der Waals surface area contributed by atoms with Gasteiger partial charge in [-0.3, -0.25) is 0 Å². The lowest BCUT2D eigenvalue weighted by atomic mass is 9.75. The molecule has 94 valence electrons. The number of hydrogen-bond acceptors (Lipinski definition) is 3. The zero-order valence-electron chi connectivity index (χ0n) is 10.6. The van der Waals surface area contributed by atoms with Crippen LogP contribution in [0.25, 0.3) is 0 Å². The lowest BCUT2D eigenvalue weighted by molar-refractivity contribution is 0.104. The molecule has 1 fully saturated rings. The van der Waals surface area contributed by atoms with Gasteiger partial charge in [0.05, 0.1) is 13.7 Å². The maximum Gasteiger partial charge on any atom is 0.119 e. The van der Waals surface area contributed by atoms with Gasteiger partial charge in [0.25, 0.3) is 0 Å². The van der Waals surface area contributed by atoms with Gasteiger partial charge in [0, 0.05) is 12.0 Å². The molecule has 1 unspecified atom stereocenters. The van der Waals surface area contributed by atoms with Crippen LogP contribution in [0.15, 0.2) is 24.3 Å². The fraction of sp³-hybridized carbons (Fsp3) is 0.571. The van der Waals surface area contributed by atoms with Crippen LogP contribution in [0.3, 0.4) is 0 Å². The summed E-state index contributed by atoms with van der Waals surface area (Å²) in [5.41, 5.74) is 1.06. The Hall–Kier alpha value is -1.06. The number of methoxy groups -OCH3 is 1. The van der Waals surface area contributed by atoms with Gasteiger partial charge < -0.3 is 14.7 Å². The van der Waals surface area contributed by atoms with Crippen molar-refractivity contribution in [3.05, 3.63) is 29.8 Å². The third-order valence-electron chi connectivity index (χ3n) is 3.75. The van der Waals surface area contributed by atoms with Crippen LogP contribution in [-0.2, 0) is 5.41 Å². The van der Waals surface area contributed by atoms with Gasteiger partial charge in [-0.2, -0.15) is 0 Å². The van der Waals surface area contributed by atoms with Gasteiger partial charge in [0.2, 0.25) is 0 Å². The Balaban J connectivity index is 2.32. The molecule has 0 spiro atoms. The number of rotatable bonds is 3. The quantitative estimate of drug-likeness (QED) is 0.864. The van der Waals surface area contributed by atoms with Crippen LogP contribution in [0, 0.1) is 0 Å². The Morgan fingerprint density at radius 3 is 2.94 bits per heavy atom. The maximum absolute atomic E-state index is 9.81. The second kappa shape index (κ2) is 5.07. The molecule has 1 atom stereocenters. The molecule has 0 bridgehead atoms. The molecular weight excluding hydrogens is 214 g/mol. The summed E-state index contributed by atoms with van der Waals surface area (Å²) in [6.45, 7) is 2.23. The average Bonchev–Trinajstić information content (AvgIpc) is 2.38. The Labute approximate surface area is 103 Å². The lowest BCUT2D eigenvalue weighted by Gasteiger charge is -2.40. The minimum Gasteiger partial charge on any atom is -0.497 e. The van der Waals surface area contributed by atoms with E-state index in [-0.39, 0.29) is 12.0 Å². The smallest absolute Gasteiger partial charge is 0.119 e. The second-order valence-electron chi connectivity index (χ2n) is 5.01. The molecule has 0 saturated carbocycles. The van der Waals surface area contributed by atoms with E-state index in [1.807, 2.05) is 12.1 Å². The van der Waals surface area contributed by atoms with Crippen LogP contribution in [-0.4, -0.2) is 43.9 Å². The summed E-state index contributed by atoms with van der Waals surface area (Å²) in [6, 6.07) is 8.09. The van der Waals surface area contributed by atoms with Crippen LogP contribution in [0.4, 0.5) is 0 Å². The monoisotopic (exact) mass is 235 g/mol. The van der Waals surface area contributed by atoms with E-state index in [1.54, 1.807) is 7.11 Å². The van der Waals surface area contributed by atoms with Crippen LogP contribution < -0.4 is 4.74 Å². The average molecular weight is 235 g/mol. The van der Waals surface area contributed by atoms with Crippen molar-refractivity contribution in [3.8, 4) is 5.75 Å². The van der Waals surface area contributed by atoms with E-state index in [9.17, 15) is 5.11 Å². The zero-order chi connectivity index (χ0) is 12.3. The van der Waals surface area contributed by atoms with Crippen LogP contribution in [0.5, 0.6) is 5.75 Å². The van der Waals surface area contributed by atoms with Crippen molar-refractivity contribution in [2.45, 2.75) is 18.3 Å². The van der Waals surface area contributed by atoms with E-state index >= 15 is 0 Å². The SMILES string of the molecule is COc1cccc(C2(CO)CCCN(C)C2)c1.